The van der Waals surface area contributed by atoms with Gasteiger partial charge in [-0.15, -0.1) is 0 Å². The van der Waals surface area contributed by atoms with E-state index >= 15 is 0 Å². The van der Waals surface area contributed by atoms with Crippen LogP contribution in [0.3, 0.4) is 0 Å². The van der Waals surface area contributed by atoms with Crippen molar-refractivity contribution in [1.29, 1.82) is 0 Å². The highest BCUT2D eigenvalue weighted by Crippen LogP contribution is 2.29. The predicted octanol–water partition coefficient (Wildman–Crippen LogP) is 4.00. The standard InChI is InChI=1S/C23H27F3N2O3S/c24-23(25,26)21-10-4-8-19(16-21)17-27-22(29)20-11-13-28(14-12-20)32(30,31)15-5-9-18-6-2-1-3-7-18/h1-4,6-8,10,16,20H,5,9,11-15,17H2,(H,27,29). The molecule has 5 nitrogen and oxygen atoms in total. The molecule has 1 saturated heterocycles. The molecule has 32 heavy (non-hydrogen) atoms. The Morgan fingerprint density at radius 2 is 1.66 bits per heavy atom. The maximum atomic E-state index is 12.8. The number of carbonyl (C=O) groups is 1. The van der Waals surface area contributed by atoms with Crippen LogP contribution in [-0.4, -0.2) is 37.5 Å². The number of carbonyl (C=O) groups excluding carboxylic acids is 1. The Morgan fingerprint density at radius 1 is 1.00 bits per heavy atom. The summed E-state index contributed by atoms with van der Waals surface area (Å²) in [6, 6.07) is 14.5. The lowest BCUT2D eigenvalue weighted by Crippen LogP contribution is -2.43. The smallest absolute Gasteiger partial charge is 0.352 e. The van der Waals surface area contributed by atoms with E-state index in [-0.39, 0.29) is 37.2 Å². The van der Waals surface area contributed by atoms with Gasteiger partial charge in [0.2, 0.25) is 15.9 Å². The molecular formula is C23H27F3N2O3S. The van der Waals surface area contributed by atoms with Gasteiger partial charge in [0.25, 0.3) is 0 Å². The third-order valence-corrected chi connectivity index (χ3v) is 7.61. The van der Waals surface area contributed by atoms with E-state index < -0.39 is 21.8 Å². The van der Waals surface area contributed by atoms with Crippen LogP contribution in [0.15, 0.2) is 54.6 Å². The molecule has 1 heterocycles. The number of benzene rings is 2. The van der Waals surface area contributed by atoms with Gasteiger partial charge in [-0.05, 0) is 48.9 Å². The number of aryl methyl sites for hydroxylation is 1. The lowest BCUT2D eigenvalue weighted by atomic mass is 9.97. The quantitative estimate of drug-likeness (QED) is 0.637. The molecule has 0 spiro atoms. The molecule has 0 atom stereocenters. The van der Waals surface area contributed by atoms with Crippen molar-refractivity contribution in [3.8, 4) is 0 Å². The Labute approximate surface area is 186 Å². The lowest BCUT2D eigenvalue weighted by Gasteiger charge is -2.30. The first-order chi connectivity index (χ1) is 15.1. The van der Waals surface area contributed by atoms with Gasteiger partial charge in [0, 0.05) is 25.6 Å². The van der Waals surface area contributed by atoms with Crippen LogP contribution in [0, 0.1) is 5.92 Å². The second-order valence-electron chi connectivity index (χ2n) is 7.99. The number of rotatable bonds is 8. The fraction of sp³-hybridized carbons (Fsp3) is 0.435. The summed E-state index contributed by atoms with van der Waals surface area (Å²) in [7, 11) is -3.38. The van der Waals surface area contributed by atoms with Crippen molar-refractivity contribution < 1.29 is 26.4 Å². The zero-order valence-corrected chi connectivity index (χ0v) is 18.5. The summed E-state index contributed by atoms with van der Waals surface area (Å²) in [6.07, 6.45) is -2.42. The molecule has 2 aromatic rings. The summed E-state index contributed by atoms with van der Waals surface area (Å²) in [5, 5.41) is 2.68. The molecule has 0 aliphatic carbocycles. The molecule has 1 aliphatic rings. The topological polar surface area (TPSA) is 66.5 Å². The molecule has 0 aromatic heterocycles. The van der Waals surface area contributed by atoms with Gasteiger partial charge in [-0.25, -0.2) is 12.7 Å². The molecule has 1 fully saturated rings. The number of nitrogens with zero attached hydrogens (tertiary/aromatic N) is 1. The minimum atomic E-state index is -4.43. The van der Waals surface area contributed by atoms with Crippen LogP contribution >= 0.6 is 0 Å². The van der Waals surface area contributed by atoms with Crippen molar-refractivity contribution in [2.24, 2.45) is 5.92 Å². The molecule has 0 saturated carbocycles. The van der Waals surface area contributed by atoms with Gasteiger partial charge in [-0.3, -0.25) is 4.79 Å². The molecule has 2 aromatic carbocycles. The third-order valence-electron chi connectivity index (χ3n) is 5.65. The van der Waals surface area contributed by atoms with Crippen LogP contribution in [0.4, 0.5) is 13.2 Å². The fourth-order valence-corrected chi connectivity index (χ4v) is 5.35. The summed E-state index contributed by atoms with van der Waals surface area (Å²) in [6.45, 7) is 0.547. The van der Waals surface area contributed by atoms with E-state index in [1.165, 1.54) is 16.4 Å². The predicted molar refractivity (Wildman–Crippen MR) is 116 cm³/mol. The minimum absolute atomic E-state index is 0.000746. The normalized spacial score (nSPS) is 16.1. The third kappa shape index (κ3) is 6.80. The van der Waals surface area contributed by atoms with Gasteiger partial charge in [-0.2, -0.15) is 13.2 Å². The summed E-state index contributed by atoms with van der Waals surface area (Å²) in [4.78, 5) is 12.4. The van der Waals surface area contributed by atoms with Gasteiger partial charge >= 0.3 is 6.18 Å². The van der Waals surface area contributed by atoms with Gasteiger partial charge < -0.3 is 5.32 Å². The molecule has 1 amide bonds. The second kappa shape index (κ2) is 10.5. The van der Waals surface area contributed by atoms with Crippen LogP contribution in [0.5, 0.6) is 0 Å². The first-order valence-corrected chi connectivity index (χ1v) is 12.2. The zero-order chi connectivity index (χ0) is 23.2. The average molecular weight is 469 g/mol. The molecule has 1 N–H and O–H groups in total. The Kier molecular flexibility index (Phi) is 7.95. The number of hydrogen-bond acceptors (Lipinski definition) is 3. The van der Waals surface area contributed by atoms with Crippen molar-refractivity contribution in [1.82, 2.24) is 9.62 Å². The first-order valence-electron chi connectivity index (χ1n) is 10.6. The average Bonchev–Trinajstić information content (AvgIpc) is 2.78. The zero-order valence-electron chi connectivity index (χ0n) is 17.6. The maximum Gasteiger partial charge on any atom is 0.416 e. The number of hydrogen-bond donors (Lipinski definition) is 1. The molecule has 0 bridgehead atoms. The van der Waals surface area contributed by atoms with Crippen LogP contribution in [0.25, 0.3) is 0 Å². The van der Waals surface area contributed by atoms with Crippen molar-refractivity contribution in [3.63, 3.8) is 0 Å². The minimum Gasteiger partial charge on any atom is -0.352 e. The highest BCUT2D eigenvalue weighted by atomic mass is 32.2. The number of alkyl halides is 3. The monoisotopic (exact) mass is 468 g/mol. The highest BCUT2D eigenvalue weighted by molar-refractivity contribution is 7.89. The Balaban J connectivity index is 1.44. The first kappa shape index (κ1) is 24.3. The van der Waals surface area contributed by atoms with Crippen LogP contribution in [-0.2, 0) is 34.0 Å². The van der Waals surface area contributed by atoms with Crippen LogP contribution < -0.4 is 5.32 Å². The van der Waals surface area contributed by atoms with Crippen LogP contribution in [0.1, 0.15) is 36.0 Å². The summed E-state index contributed by atoms with van der Waals surface area (Å²) < 4.78 is 65.1. The second-order valence-corrected chi connectivity index (χ2v) is 10.1. The molecule has 0 unspecified atom stereocenters. The SMILES string of the molecule is O=C(NCc1cccc(C(F)(F)F)c1)C1CCN(S(=O)(=O)CCCc2ccccc2)CC1. The van der Waals surface area contributed by atoms with Crippen molar-refractivity contribution in [2.75, 3.05) is 18.8 Å². The molecule has 174 valence electrons. The molecule has 0 radical (unpaired) electrons. The van der Waals surface area contributed by atoms with E-state index in [1.54, 1.807) is 0 Å². The molecule has 9 heteroatoms. The van der Waals surface area contributed by atoms with Crippen molar-refractivity contribution >= 4 is 15.9 Å². The van der Waals surface area contributed by atoms with E-state index in [1.807, 2.05) is 30.3 Å². The summed E-state index contributed by atoms with van der Waals surface area (Å²) in [5.74, 6) is -0.547. The number of sulfonamides is 1. The fourth-order valence-electron chi connectivity index (χ4n) is 3.82. The van der Waals surface area contributed by atoms with Gasteiger partial charge in [0.05, 0.1) is 11.3 Å². The van der Waals surface area contributed by atoms with Crippen molar-refractivity contribution in [3.05, 3.63) is 71.3 Å². The molecular weight excluding hydrogens is 441 g/mol. The maximum absolute atomic E-state index is 12.8. The Hall–Kier alpha value is -2.39. The number of piperidine rings is 1. The summed E-state index contributed by atoms with van der Waals surface area (Å²) >= 11 is 0. The molecule has 1 aliphatic heterocycles. The van der Waals surface area contributed by atoms with E-state index in [4.69, 9.17) is 0 Å². The Bertz CT molecular complexity index is 1000. The van der Waals surface area contributed by atoms with E-state index in [2.05, 4.69) is 5.32 Å². The largest absolute Gasteiger partial charge is 0.416 e. The summed E-state index contributed by atoms with van der Waals surface area (Å²) in [5.41, 5.74) is 0.709. The number of halogens is 3. The molecule has 3 rings (SSSR count). The van der Waals surface area contributed by atoms with E-state index in [0.717, 1.165) is 17.7 Å². The van der Waals surface area contributed by atoms with E-state index in [9.17, 15) is 26.4 Å². The lowest BCUT2D eigenvalue weighted by molar-refractivity contribution is -0.137. The number of nitrogens with one attached hydrogen (secondary N) is 1. The Morgan fingerprint density at radius 3 is 2.31 bits per heavy atom. The van der Waals surface area contributed by atoms with Crippen LogP contribution in [0.2, 0.25) is 0 Å². The van der Waals surface area contributed by atoms with Crippen molar-refractivity contribution in [2.45, 2.75) is 38.4 Å². The highest BCUT2D eigenvalue weighted by Gasteiger charge is 2.32. The van der Waals surface area contributed by atoms with E-state index in [0.29, 0.717) is 31.2 Å². The van der Waals surface area contributed by atoms with Gasteiger partial charge in [0.1, 0.15) is 0 Å². The van der Waals surface area contributed by atoms with Gasteiger partial charge in [0.15, 0.2) is 0 Å². The number of amides is 1. The van der Waals surface area contributed by atoms with Gasteiger partial charge in [-0.1, -0.05) is 42.5 Å².